The second kappa shape index (κ2) is 6.85. The van der Waals surface area contributed by atoms with Gasteiger partial charge in [0.15, 0.2) is 0 Å². The molecule has 0 saturated carbocycles. The van der Waals surface area contributed by atoms with Crippen molar-refractivity contribution in [3.8, 4) is 5.75 Å². The van der Waals surface area contributed by atoms with Gasteiger partial charge in [0.1, 0.15) is 11.3 Å². The minimum Gasteiger partial charge on any atom is -0.494 e. The van der Waals surface area contributed by atoms with Crippen molar-refractivity contribution in [2.75, 3.05) is 18.1 Å². The maximum Gasteiger partial charge on any atom is 0.329 e. The molecular weight excluding hydrogens is 290 g/mol. The molecule has 0 bridgehead atoms. The first-order valence-electron chi connectivity index (χ1n) is 6.94. The third kappa shape index (κ3) is 3.69. The molecule has 1 heterocycles. The Morgan fingerprint density at radius 2 is 1.90 bits per heavy atom. The van der Waals surface area contributed by atoms with Gasteiger partial charge in [0.2, 0.25) is 0 Å². The summed E-state index contributed by atoms with van der Waals surface area (Å²) in [5, 5.41) is 12.2. The predicted molar refractivity (Wildman–Crippen MR) is 82.0 cm³/mol. The normalized spacial score (nSPS) is 17.0. The monoisotopic (exact) mass is 309 g/mol. The van der Waals surface area contributed by atoms with Gasteiger partial charge in [-0.2, -0.15) is 11.8 Å². The summed E-state index contributed by atoms with van der Waals surface area (Å²) < 4.78 is 5.32. The van der Waals surface area contributed by atoms with Gasteiger partial charge in [-0.15, -0.1) is 0 Å². The summed E-state index contributed by atoms with van der Waals surface area (Å²) >= 11 is 1.71. The number of rotatable bonds is 5. The lowest BCUT2D eigenvalue weighted by Crippen LogP contribution is -2.56. The number of aliphatic carboxylic acids is 1. The van der Waals surface area contributed by atoms with Crippen LogP contribution in [0.5, 0.6) is 5.75 Å². The first-order valence-corrected chi connectivity index (χ1v) is 8.09. The highest BCUT2D eigenvalue weighted by molar-refractivity contribution is 7.99. The summed E-state index contributed by atoms with van der Waals surface area (Å²) in [5.41, 5.74) is -0.696. The highest BCUT2D eigenvalue weighted by atomic mass is 32.2. The molecule has 1 saturated heterocycles. The summed E-state index contributed by atoms with van der Waals surface area (Å²) in [7, 11) is 0. The van der Waals surface area contributed by atoms with Crippen LogP contribution in [0.3, 0.4) is 0 Å². The minimum atomic E-state index is -1.14. The number of nitrogens with one attached hydrogen (secondary N) is 1. The molecule has 1 aliphatic rings. The van der Waals surface area contributed by atoms with Crippen LogP contribution >= 0.6 is 11.8 Å². The van der Waals surface area contributed by atoms with E-state index in [-0.39, 0.29) is 5.91 Å². The van der Waals surface area contributed by atoms with Crippen molar-refractivity contribution in [3.05, 3.63) is 29.8 Å². The third-order valence-corrected chi connectivity index (χ3v) is 4.52. The van der Waals surface area contributed by atoms with Crippen LogP contribution in [0.4, 0.5) is 0 Å². The molecule has 1 aromatic carbocycles. The number of thioether (sulfide) groups is 1. The van der Waals surface area contributed by atoms with Gasteiger partial charge < -0.3 is 15.2 Å². The van der Waals surface area contributed by atoms with Crippen LogP contribution in [-0.2, 0) is 4.79 Å². The lowest BCUT2D eigenvalue weighted by atomic mass is 9.92. The van der Waals surface area contributed by atoms with Gasteiger partial charge in [0.05, 0.1) is 6.61 Å². The zero-order valence-electron chi connectivity index (χ0n) is 11.9. The van der Waals surface area contributed by atoms with E-state index in [4.69, 9.17) is 4.74 Å². The smallest absolute Gasteiger partial charge is 0.329 e. The number of hydrogen-bond donors (Lipinski definition) is 2. The average molecular weight is 309 g/mol. The van der Waals surface area contributed by atoms with Crippen molar-refractivity contribution in [1.82, 2.24) is 5.32 Å². The van der Waals surface area contributed by atoms with Crippen LogP contribution < -0.4 is 10.1 Å². The summed E-state index contributed by atoms with van der Waals surface area (Å²) in [6, 6.07) is 6.71. The molecule has 0 aliphatic carbocycles. The molecule has 5 nitrogen and oxygen atoms in total. The molecule has 0 spiro atoms. The van der Waals surface area contributed by atoms with Gasteiger partial charge in [0, 0.05) is 5.56 Å². The van der Waals surface area contributed by atoms with Gasteiger partial charge in [-0.3, -0.25) is 4.79 Å². The number of amides is 1. The van der Waals surface area contributed by atoms with Crippen molar-refractivity contribution in [3.63, 3.8) is 0 Å². The molecule has 21 heavy (non-hydrogen) atoms. The fraction of sp³-hybridized carbons (Fsp3) is 0.467. The summed E-state index contributed by atoms with van der Waals surface area (Å²) in [6.45, 7) is 2.45. The number of carbonyl (C=O) groups excluding carboxylic acids is 1. The second-order valence-corrected chi connectivity index (χ2v) is 6.14. The standard InChI is InChI=1S/C15H19NO4S/c1-2-20-12-5-3-11(4-6-12)13(17)16-15(14(18)19)7-9-21-10-8-15/h3-6H,2,7-10H2,1H3,(H,16,17)(H,18,19). The van der Waals surface area contributed by atoms with Crippen LogP contribution in [0.1, 0.15) is 30.1 Å². The molecule has 1 aromatic rings. The maximum absolute atomic E-state index is 12.3. The first-order chi connectivity index (χ1) is 10.1. The third-order valence-electron chi connectivity index (χ3n) is 3.54. The Morgan fingerprint density at radius 1 is 1.29 bits per heavy atom. The second-order valence-electron chi connectivity index (χ2n) is 4.91. The van der Waals surface area contributed by atoms with Crippen LogP contribution in [0.15, 0.2) is 24.3 Å². The van der Waals surface area contributed by atoms with E-state index >= 15 is 0 Å². The highest BCUT2D eigenvalue weighted by Gasteiger charge is 2.41. The van der Waals surface area contributed by atoms with Crippen molar-refractivity contribution in [2.24, 2.45) is 0 Å². The van der Waals surface area contributed by atoms with Crippen LogP contribution in [0.2, 0.25) is 0 Å². The molecular formula is C15H19NO4S. The molecule has 2 rings (SSSR count). The minimum absolute atomic E-state index is 0.354. The molecule has 1 aliphatic heterocycles. The maximum atomic E-state index is 12.3. The number of ether oxygens (including phenoxy) is 1. The zero-order chi connectivity index (χ0) is 15.3. The lowest BCUT2D eigenvalue weighted by molar-refractivity contribution is -0.144. The number of carboxylic acids is 1. The molecule has 0 unspecified atom stereocenters. The molecule has 6 heteroatoms. The Morgan fingerprint density at radius 3 is 2.43 bits per heavy atom. The van der Waals surface area contributed by atoms with E-state index in [2.05, 4.69) is 5.32 Å². The van der Waals surface area contributed by atoms with Gasteiger partial charge in [-0.05, 0) is 55.5 Å². The fourth-order valence-electron chi connectivity index (χ4n) is 2.27. The molecule has 0 atom stereocenters. The quantitative estimate of drug-likeness (QED) is 0.872. The van der Waals surface area contributed by atoms with Gasteiger partial charge in [-0.25, -0.2) is 4.79 Å². The Bertz CT molecular complexity index is 509. The Labute approximate surface area is 128 Å². The largest absolute Gasteiger partial charge is 0.494 e. The van der Waals surface area contributed by atoms with Crippen LogP contribution in [0.25, 0.3) is 0 Å². The van der Waals surface area contributed by atoms with E-state index in [9.17, 15) is 14.7 Å². The molecule has 1 amide bonds. The number of carboxylic acid groups (broad SMARTS) is 1. The number of carbonyl (C=O) groups is 2. The van der Waals surface area contributed by atoms with Gasteiger partial charge in [-0.1, -0.05) is 0 Å². The topological polar surface area (TPSA) is 75.6 Å². The predicted octanol–water partition coefficient (Wildman–Crippen LogP) is 2.17. The molecule has 1 fully saturated rings. The van der Waals surface area contributed by atoms with Crippen molar-refractivity contribution >= 4 is 23.6 Å². The summed E-state index contributed by atoms with van der Waals surface area (Å²) in [4.78, 5) is 23.8. The number of hydrogen-bond acceptors (Lipinski definition) is 4. The van der Waals surface area contributed by atoms with E-state index in [1.54, 1.807) is 36.0 Å². The van der Waals surface area contributed by atoms with E-state index in [1.165, 1.54) is 0 Å². The molecule has 2 N–H and O–H groups in total. The van der Waals surface area contributed by atoms with E-state index in [1.807, 2.05) is 6.92 Å². The Hall–Kier alpha value is -1.69. The Balaban J connectivity index is 2.10. The van der Waals surface area contributed by atoms with Crippen molar-refractivity contribution < 1.29 is 19.4 Å². The van der Waals surface area contributed by atoms with Crippen LogP contribution in [-0.4, -0.2) is 40.6 Å². The van der Waals surface area contributed by atoms with Crippen LogP contribution in [0, 0.1) is 0 Å². The summed E-state index contributed by atoms with van der Waals surface area (Å²) in [5.74, 6) is 0.872. The molecule has 0 radical (unpaired) electrons. The molecule has 114 valence electrons. The van der Waals surface area contributed by atoms with Crippen molar-refractivity contribution in [2.45, 2.75) is 25.3 Å². The average Bonchev–Trinajstić information content (AvgIpc) is 2.49. The van der Waals surface area contributed by atoms with E-state index in [0.717, 1.165) is 11.5 Å². The SMILES string of the molecule is CCOc1ccc(C(=O)NC2(C(=O)O)CCSCC2)cc1. The highest BCUT2D eigenvalue weighted by Crippen LogP contribution is 2.28. The first kappa shape index (κ1) is 15.7. The van der Waals surface area contributed by atoms with E-state index in [0.29, 0.717) is 30.8 Å². The lowest BCUT2D eigenvalue weighted by Gasteiger charge is -2.33. The Kier molecular flexibility index (Phi) is 5.12. The fourth-order valence-corrected chi connectivity index (χ4v) is 3.46. The number of benzene rings is 1. The van der Waals surface area contributed by atoms with E-state index < -0.39 is 11.5 Å². The van der Waals surface area contributed by atoms with Crippen molar-refractivity contribution in [1.29, 1.82) is 0 Å². The van der Waals surface area contributed by atoms with Gasteiger partial charge >= 0.3 is 5.97 Å². The zero-order valence-corrected chi connectivity index (χ0v) is 12.7. The van der Waals surface area contributed by atoms with Gasteiger partial charge in [0.25, 0.3) is 5.91 Å². The summed E-state index contributed by atoms with van der Waals surface area (Å²) in [6.07, 6.45) is 0.908. The molecule has 0 aromatic heterocycles.